The van der Waals surface area contributed by atoms with Gasteiger partial charge in [-0.3, -0.25) is 4.99 Å². The van der Waals surface area contributed by atoms with E-state index in [9.17, 15) is 4.39 Å². The van der Waals surface area contributed by atoms with Gasteiger partial charge in [-0.05, 0) is 40.8 Å². The van der Waals surface area contributed by atoms with E-state index in [1.165, 1.54) is 17.8 Å². The molecule has 0 radical (unpaired) electrons. The Hall–Kier alpha value is -4.46. The zero-order valence-corrected chi connectivity index (χ0v) is 21.1. The number of benzene rings is 2. The molecule has 5 N–H and O–H groups in total. The summed E-state index contributed by atoms with van der Waals surface area (Å²) in [4.78, 5) is 13.0. The number of aromatic nitrogens is 2. The third kappa shape index (κ3) is 6.56. The van der Waals surface area contributed by atoms with Crippen LogP contribution in [0.25, 0.3) is 11.1 Å². The van der Waals surface area contributed by atoms with Crippen molar-refractivity contribution < 1.29 is 4.39 Å². The first-order valence-corrected chi connectivity index (χ1v) is 11.4. The second-order valence-corrected chi connectivity index (χ2v) is 9.09. The van der Waals surface area contributed by atoms with E-state index < -0.39 is 5.82 Å². The first-order chi connectivity index (χ1) is 17.1. The lowest BCUT2D eigenvalue weighted by atomic mass is 9.86. The van der Waals surface area contributed by atoms with Gasteiger partial charge in [-0.25, -0.2) is 9.37 Å². The second kappa shape index (κ2) is 11.3. The van der Waals surface area contributed by atoms with E-state index in [4.69, 9.17) is 5.73 Å². The molecule has 1 aromatic heterocycles. The molecule has 0 aliphatic carbocycles. The summed E-state index contributed by atoms with van der Waals surface area (Å²) in [6.07, 6.45) is 6.18. The minimum absolute atomic E-state index is 0.0156. The van der Waals surface area contributed by atoms with Crippen LogP contribution >= 0.6 is 0 Å². The van der Waals surface area contributed by atoms with Crippen molar-refractivity contribution >= 4 is 29.4 Å². The third-order valence-corrected chi connectivity index (χ3v) is 5.33. The van der Waals surface area contributed by atoms with Crippen LogP contribution in [-0.4, -0.2) is 23.2 Å². The van der Waals surface area contributed by atoms with Crippen LogP contribution in [0.2, 0.25) is 0 Å². The quantitative estimate of drug-likeness (QED) is 0.208. The molecule has 0 fully saturated rings. The number of hydrogen-bond acceptors (Lipinski definition) is 7. The molecule has 0 aliphatic heterocycles. The van der Waals surface area contributed by atoms with E-state index in [2.05, 4.69) is 77.0 Å². The molecule has 2 aromatic carbocycles. The van der Waals surface area contributed by atoms with E-state index >= 15 is 0 Å². The molecule has 186 valence electrons. The molecule has 0 bridgehead atoms. The fourth-order valence-electron chi connectivity index (χ4n) is 3.35. The highest BCUT2D eigenvalue weighted by molar-refractivity contribution is 5.83. The van der Waals surface area contributed by atoms with E-state index in [-0.39, 0.29) is 17.1 Å². The number of nitrogens with one attached hydrogen (secondary N) is 3. The van der Waals surface area contributed by atoms with E-state index in [0.29, 0.717) is 28.5 Å². The van der Waals surface area contributed by atoms with Crippen molar-refractivity contribution in [3.8, 4) is 11.1 Å². The van der Waals surface area contributed by atoms with Crippen molar-refractivity contribution in [2.24, 2.45) is 10.7 Å². The summed E-state index contributed by atoms with van der Waals surface area (Å²) in [6, 6.07) is 12.8. The van der Waals surface area contributed by atoms with Gasteiger partial charge in [0.05, 0.1) is 11.4 Å². The van der Waals surface area contributed by atoms with Gasteiger partial charge in [0.1, 0.15) is 11.6 Å². The number of halogens is 1. The zero-order valence-electron chi connectivity index (χ0n) is 21.1. The molecular formula is C28H32FN7. The Morgan fingerprint density at radius 2 is 1.83 bits per heavy atom. The van der Waals surface area contributed by atoms with Gasteiger partial charge in [0, 0.05) is 42.6 Å². The third-order valence-electron chi connectivity index (χ3n) is 5.33. The van der Waals surface area contributed by atoms with Gasteiger partial charge in [0.15, 0.2) is 0 Å². The van der Waals surface area contributed by atoms with Crippen molar-refractivity contribution in [1.82, 2.24) is 9.97 Å². The summed E-state index contributed by atoms with van der Waals surface area (Å²) in [6.45, 7) is 14.0. The van der Waals surface area contributed by atoms with E-state index in [1.54, 1.807) is 37.7 Å². The maximum atomic E-state index is 14.8. The summed E-state index contributed by atoms with van der Waals surface area (Å²) in [7, 11) is 1.63. The Bertz CT molecular complexity index is 1300. The topological polar surface area (TPSA) is 100 Å². The number of aliphatic imine (C=N–C) groups is 1. The Kier molecular flexibility index (Phi) is 8.22. The van der Waals surface area contributed by atoms with Crippen molar-refractivity contribution in [1.29, 1.82) is 0 Å². The summed E-state index contributed by atoms with van der Waals surface area (Å²) >= 11 is 0. The number of nitrogens with two attached hydrogens (primary N) is 1. The molecule has 1 heterocycles. The van der Waals surface area contributed by atoms with E-state index in [1.807, 2.05) is 12.1 Å². The molecule has 36 heavy (non-hydrogen) atoms. The predicted molar refractivity (Wildman–Crippen MR) is 149 cm³/mol. The molecule has 3 rings (SSSR count). The lowest BCUT2D eigenvalue weighted by molar-refractivity contribution is 0.590. The van der Waals surface area contributed by atoms with Crippen LogP contribution in [0.4, 0.5) is 27.5 Å². The fourth-order valence-corrected chi connectivity index (χ4v) is 3.35. The molecule has 0 saturated carbocycles. The Morgan fingerprint density at radius 3 is 2.44 bits per heavy atom. The normalized spacial score (nSPS) is 11.9. The van der Waals surface area contributed by atoms with Crippen molar-refractivity contribution in [2.45, 2.75) is 26.2 Å². The first-order valence-electron chi connectivity index (χ1n) is 11.4. The minimum Gasteiger partial charge on any atom is -0.403 e. The summed E-state index contributed by atoms with van der Waals surface area (Å²) in [5.74, 6) is 0.255. The first kappa shape index (κ1) is 26.2. The SMILES string of the molecule is C=CC(=C)Nc1ccc(F)c(Nc2nc(N/C(C=NC)=C/N)ncc2-c2ccc(C(C)(C)C)cc2)c1. The van der Waals surface area contributed by atoms with Gasteiger partial charge in [0.2, 0.25) is 5.95 Å². The van der Waals surface area contributed by atoms with Gasteiger partial charge in [0.25, 0.3) is 0 Å². The van der Waals surface area contributed by atoms with Gasteiger partial charge in [-0.15, -0.1) is 0 Å². The minimum atomic E-state index is -0.437. The lowest BCUT2D eigenvalue weighted by Gasteiger charge is -2.20. The Morgan fingerprint density at radius 1 is 1.11 bits per heavy atom. The largest absolute Gasteiger partial charge is 0.403 e. The highest BCUT2D eigenvalue weighted by atomic mass is 19.1. The molecular weight excluding hydrogens is 453 g/mol. The van der Waals surface area contributed by atoms with Crippen LogP contribution in [0.3, 0.4) is 0 Å². The second-order valence-electron chi connectivity index (χ2n) is 9.09. The maximum absolute atomic E-state index is 14.8. The van der Waals surface area contributed by atoms with Crippen molar-refractivity contribution in [3.63, 3.8) is 0 Å². The van der Waals surface area contributed by atoms with Crippen LogP contribution in [0.5, 0.6) is 0 Å². The summed E-state index contributed by atoms with van der Waals surface area (Å²) in [5, 5.41) is 9.22. The fraction of sp³-hybridized carbons (Fsp3) is 0.179. The smallest absolute Gasteiger partial charge is 0.229 e. The monoisotopic (exact) mass is 485 g/mol. The average Bonchev–Trinajstić information content (AvgIpc) is 2.85. The lowest BCUT2D eigenvalue weighted by Crippen LogP contribution is -2.11. The zero-order chi connectivity index (χ0) is 26.3. The van der Waals surface area contributed by atoms with Gasteiger partial charge >= 0.3 is 0 Å². The standard InChI is InChI=1S/C28H32FN7/c1-7-18(2)33-21-12-13-24(29)25(14-21)35-26-23(19-8-10-20(11-9-19)28(3,4)5)17-32-27(36-26)34-22(15-30)16-31-6/h7-17,33H,1-2,30H2,3-6H3,(H2,32,34,35,36)/b22-15+,31-16?. The number of allylic oxidation sites excluding steroid dienone is 2. The number of rotatable bonds is 9. The van der Waals surface area contributed by atoms with Crippen LogP contribution in [0, 0.1) is 5.82 Å². The van der Waals surface area contributed by atoms with Crippen molar-refractivity contribution in [3.05, 3.63) is 96.9 Å². The molecule has 7 nitrogen and oxygen atoms in total. The highest BCUT2D eigenvalue weighted by Gasteiger charge is 2.16. The number of anilines is 4. The number of hydrogen-bond donors (Lipinski definition) is 4. The van der Waals surface area contributed by atoms with Crippen LogP contribution < -0.4 is 21.7 Å². The molecule has 0 atom stereocenters. The van der Waals surface area contributed by atoms with E-state index in [0.717, 1.165) is 5.56 Å². The summed E-state index contributed by atoms with van der Waals surface area (Å²) < 4.78 is 14.8. The molecule has 0 saturated heterocycles. The Balaban J connectivity index is 2.06. The van der Waals surface area contributed by atoms with Gasteiger partial charge in [-0.2, -0.15) is 4.98 Å². The van der Waals surface area contributed by atoms with Crippen LogP contribution in [0.1, 0.15) is 26.3 Å². The molecule has 3 aromatic rings. The molecule has 0 aliphatic rings. The van der Waals surface area contributed by atoms with Gasteiger partial charge in [-0.1, -0.05) is 58.2 Å². The van der Waals surface area contributed by atoms with Crippen LogP contribution in [-0.2, 0) is 5.41 Å². The van der Waals surface area contributed by atoms with Crippen molar-refractivity contribution in [2.75, 3.05) is 23.0 Å². The molecule has 0 unspecified atom stereocenters. The molecule has 0 spiro atoms. The molecule has 0 amide bonds. The number of nitrogens with zero attached hydrogens (tertiary/aromatic N) is 3. The average molecular weight is 486 g/mol. The van der Waals surface area contributed by atoms with Crippen LogP contribution in [0.15, 0.2) is 90.5 Å². The predicted octanol–water partition coefficient (Wildman–Crippen LogP) is 6.35. The molecule has 8 heteroatoms. The van der Waals surface area contributed by atoms with Gasteiger partial charge < -0.3 is 21.7 Å². The Labute approximate surface area is 211 Å². The highest BCUT2D eigenvalue weighted by Crippen LogP contribution is 2.33. The summed E-state index contributed by atoms with van der Waals surface area (Å²) in [5.41, 5.74) is 10.5. The maximum Gasteiger partial charge on any atom is 0.229 e.